The molecule has 0 amide bonds. The molecule has 0 unspecified atom stereocenters. The van der Waals surface area contributed by atoms with Crippen LogP contribution in [0, 0.1) is 0 Å². The minimum absolute atomic E-state index is 0.0390. The van der Waals surface area contributed by atoms with Gasteiger partial charge in [-0.2, -0.15) is 0 Å². The van der Waals surface area contributed by atoms with Crippen molar-refractivity contribution < 1.29 is 14.6 Å². The summed E-state index contributed by atoms with van der Waals surface area (Å²) in [6, 6.07) is 10.1. The number of hydrogen-bond acceptors (Lipinski definition) is 4. The Morgan fingerprint density at radius 3 is 2.61 bits per heavy atom. The van der Waals surface area contributed by atoms with Crippen molar-refractivity contribution in [3.05, 3.63) is 35.9 Å². The zero-order chi connectivity index (χ0) is 12.8. The third-order valence-electron chi connectivity index (χ3n) is 3.40. The minimum Gasteiger partial charge on any atom is -0.394 e. The molecule has 4 heteroatoms. The Labute approximate surface area is 108 Å². The van der Waals surface area contributed by atoms with Crippen LogP contribution in [0.5, 0.6) is 0 Å². The molecule has 1 aromatic carbocycles. The van der Waals surface area contributed by atoms with E-state index in [4.69, 9.17) is 20.3 Å². The highest BCUT2D eigenvalue weighted by atomic mass is 16.5. The smallest absolute Gasteiger partial charge is 0.0854 e. The van der Waals surface area contributed by atoms with Crippen LogP contribution in [0.2, 0.25) is 0 Å². The Hall–Kier alpha value is -0.940. The quantitative estimate of drug-likeness (QED) is 0.761. The average molecular weight is 251 g/mol. The van der Waals surface area contributed by atoms with Crippen LogP contribution in [0.1, 0.15) is 18.4 Å². The second kappa shape index (κ2) is 6.29. The van der Waals surface area contributed by atoms with Gasteiger partial charge >= 0.3 is 0 Å². The summed E-state index contributed by atoms with van der Waals surface area (Å²) >= 11 is 0. The van der Waals surface area contributed by atoms with Crippen LogP contribution < -0.4 is 5.73 Å². The van der Waals surface area contributed by atoms with Crippen LogP contribution in [-0.2, 0) is 16.1 Å². The lowest BCUT2D eigenvalue weighted by molar-refractivity contribution is -0.174. The second-order valence-corrected chi connectivity index (χ2v) is 4.79. The van der Waals surface area contributed by atoms with E-state index in [9.17, 15) is 0 Å². The number of hydrogen-bond donors (Lipinski definition) is 2. The largest absolute Gasteiger partial charge is 0.394 e. The molecule has 0 spiro atoms. The lowest BCUT2D eigenvalue weighted by Gasteiger charge is -2.46. The van der Waals surface area contributed by atoms with E-state index < -0.39 is 0 Å². The summed E-state index contributed by atoms with van der Waals surface area (Å²) in [5, 5.41) is 8.77. The lowest BCUT2D eigenvalue weighted by atomic mass is 9.77. The Morgan fingerprint density at radius 1 is 1.28 bits per heavy atom. The molecule has 0 aromatic heterocycles. The Kier molecular flexibility index (Phi) is 4.72. The zero-order valence-electron chi connectivity index (χ0n) is 10.5. The second-order valence-electron chi connectivity index (χ2n) is 4.79. The maximum absolute atomic E-state index is 8.77. The summed E-state index contributed by atoms with van der Waals surface area (Å²) < 4.78 is 11.4. The summed E-state index contributed by atoms with van der Waals surface area (Å²) in [4.78, 5) is 0. The van der Waals surface area contributed by atoms with E-state index in [1.165, 1.54) is 5.56 Å². The van der Waals surface area contributed by atoms with Crippen LogP contribution >= 0.6 is 0 Å². The van der Waals surface area contributed by atoms with Crippen LogP contribution in [0.25, 0.3) is 0 Å². The highest BCUT2D eigenvalue weighted by molar-refractivity contribution is 5.13. The highest BCUT2D eigenvalue weighted by Gasteiger charge is 2.44. The molecule has 2 rings (SSSR count). The van der Waals surface area contributed by atoms with Crippen molar-refractivity contribution in [1.82, 2.24) is 0 Å². The van der Waals surface area contributed by atoms with E-state index >= 15 is 0 Å². The summed E-state index contributed by atoms with van der Waals surface area (Å²) in [7, 11) is 0. The molecule has 0 heterocycles. The van der Waals surface area contributed by atoms with E-state index in [1.807, 2.05) is 18.2 Å². The van der Waals surface area contributed by atoms with Crippen molar-refractivity contribution in [3.63, 3.8) is 0 Å². The molecule has 0 aliphatic heterocycles. The van der Waals surface area contributed by atoms with Gasteiger partial charge in [0.15, 0.2) is 0 Å². The fourth-order valence-electron chi connectivity index (χ4n) is 2.28. The predicted octanol–water partition coefficient (Wildman–Crippen LogP) is 1.07. The Bertz CT molecular complexity index is 349. The molecule has 0 atom stereocenters. The van der Waals surface area contributed by atoms with Gasteiger partial charge in [0.05, 0.1) is 31.5 Å². The fourth-order valence-corrected chi connectivity index (χ4v) is 2.28. The summed E-state index contributed by atoms with van der Waals surface area (Å²) in [5.74, 6) is 0. The molecular weight excluding hydrogens is 230 g/mol. The molecule has 1 saturated carbocycles. The first kappa shape index (κ1) is 13.5. The number of nitrogens with two attached hydrogens (primary N) is 1. The fraction of sp³-hybridized carbons (Fsp3) is 0.571. The normalized spacial score (nSPS) is 26.9. The molecule has 1 aromatic rings. The number of aliphatic hydroxyl groups excluding tert-OH is 1. The van der Waals surface area contributed by atoms with Crippen molar-refractivity contribution in [2.75, 3.05) is 19.8 Å². The van der Waals surface area contributed by atoms with E-state index in [-0.39, 0.29) is 18.3 Å². The van der Waals surface area contributed by atoms with Gasteiger partial charge in [0, 0.05) is 19.4 Å². The van der Waals surface area contributed by atoms with Gasteiger partial charge in [-0.05, 0) is 5.56 Å². The number of aliphatic hydroxyl groups is 1. The summed E-state index contributed by atoms with van der Waals surface area (Å²) in [5.41, 5.74) is 6.62. The highest BCUT2D eigenvalue weighted by Crippen LogP contribution is 2.37. The van der Waals surface area contributed by atoms with Gasteiger partial charge in [0.1, 0.15) is 0 Å². The standard InChI is InChI=1S/C14H21NO3/c15-11-14(18-7-6-16)8-13(9-14)17-10-12-4-2-1-3-5-12/h1-5,13,16H,6-11,15H2. The van der Waals surface area contributed by atoms with E-state index in [2.05, 4.69) is 12.1 Å². The van der Waals surface area contributed by atoms with Crippen molar-refractivity contribution in [2.24, 2.45) is 5.73 Å². The van der Waals surface area contributed by atoms with Crippen LogP contribution in [0.4, 0.5) is 0 Å². The number of rotatable bonds is 7. The van der Waals surface area contributed by atoms with Crippen LogP contribution in [-0.4, -0.2) is 36.6 Å². The van der Waals surface area contributed by atoms with Crippen molar-refractivity contribution in [3.8, 4) is 0 Å². The first-order valence-electron chi connectivity index (χ1n) is 6.38. The van der Waals surface area contributed by atoms with E-state index in [1.54, 1.807) is 0 Å². The van der Waals surface area contributed by atoms with Gasteiger partial charge in [0.2, 0.25) is 0 Å². The minimum atomic E-state index is -0.274. The Morgan fingerprint density at radius 2 is 2.00 bits per heavy atom. The van der Waals surface area contributed by atoms with Gasteiger partial charge in [-0.1, -0.05) is 30.3 Å². The van der Waals surface area contributed by atoms with Gasteiger partial charge in [-0.15, -0.1) is 0 Å². The van der Waals surface area contributed by atoms with Crippen LogP contribution in [0.3, 0.4) is 0 Å². The SMILES string of the molecule is NCC1(OCCO)CC(OCc2ccccc2)C1. The van der Waals surface area contributed by atoms with Gasteiger partial charge in [0.25, 0.3) is 0 Å². The Balaban J connectivity index is 1.72. The third kappa shape index (κ3) is 3.29. The molecule has 3 N–H and O–H groups in total. The average Bonchev–Trinajstić information content (AvgIpc) is 2.38. The first-order valence-corrected chi connectivity index (χ1v) is 6.38. The number of ether oxygens (including phenoxy) is 2. The van der Waals surface area contributed by atoms with Crippen LogP contribution in [0.15, 0.2) is 30.3 Å². The lowest BCUT2D eigenvalue weighted by Crippen LogP contribution is -2.55. The molecule has 4 nitrogen and oxygen atoms in total. The van der Waals surface area contributed by atoms with Gasteiger partial charge in [-0.25, -0.2) is 0 Å². The monoisotopic (exact) mass is 251 g/mol. The summed E-state index contributed by atoms with van der Waals surface area (Å²) in [6.45, 7) is 1.50. The van der Waals surface area contributed by atoms with Gasteiger partial charge in [-0.3, -0.25) is 0 Å². The molecule has 1 aliphatic carbocycles. The number of benzene rings is 1. The summed E-state index contributed by atoms with van der Waals surface area (Å²) in [6.07, 6.45) is 1.85. The third-order valence-corrected chi connectivity index (χ3v) is 3.40. The molecule has 1 aliphatic rings. The van der Waals surface area contributed by atoms with E-state index in [0.29, 0.717) is 19.8 Å². The van der Waals surface area contributed by atoms with Gasteiger partial charge < -0.3 is 20.3 Å². The topological polar surface area (TPSA) is 64.7 Å². The molecule has 0 bridgehead atoms. The molecular formula is C14H21NO3. The van der Waals surface area contributed by atoms with Crippen molar-refractivity contribution in [1.29, 1.82) is 0 Å². The van der Waals surface area contributed by atoms with Crippen molar-refractivity contribution in [2.45, 2.75) is 31.2 Å². The van der Waals surface area contributed by atoms with Crippen molar-refractivity contribution >= 4 is 0 Å². The zero-order valence-corrected chi connectivity index (χ0v) is 10.5. The molecule has 0 saturated heterocycles. The molecule has 100 valence electrons. The maximum atomic E-state index is 8.77. The molecule has 1 fully saturated rings. The predicted molar refractivity (Wildman–Crippen MR) is 69.1 cm³/mol. The molecule has 0 radical (unpaired) electrons. The van der Waals surface area contributed by atoms with E-state index in [0.717, 1.165) is 12.8 Å². The maximum Gasteiger partial charge on any atom is 0.0854 e. The molecule has 18 heavy (non-hydrogen) atoms. The first-order chi connectivity index (χ1) is 8.78.